The predicted molar refractivity (Wildman–Crippen MR) is 143 cm³/mol. The van der Waals surface area contributed by atoms with Crippen LogP contribution in [-0.2, 0) is 10.0 Å². The van der Waals surface area contributed by atoms with Crippen molar-refractivity contribution in [3.05, 3.63) is 99.2 Å². The van der Waals surface area contributed by atoms with Crippen molar-refractivity contribution in [1.29, 1.82) is 0 Å². The summed E-state index contributed by atoms with van der Waals surface area (Å²) in [6.07, 6.45) is 1.27. The molecule has 0 aliphatic carbocycles. The number of sulfonamides is 1. The fraction of sp³-hybridized carbons (Fsp3) is 0.179. The summed E-state index contributed by atoms with van der Waals surface area (Å²) in [6.45, 7) is 7.68. The van der Waals surface area contributed by atoms with Gasteiger partial charge in [-0.1, -0.05) is 17.7 Å². The van der Waals surface area contributed by atoms with Gasteiger partial charge in [0.25, 0.3) is 21.5 Å². The van der Waals surface area contributed by atoms with E-state index in [9.17, 15) is 22.4 Å². The smallest absolute Gasteiger partial charge is 0.270 e. The second-order valence-corrected chi connectivity index (χ2v) is 10.4. The van der Waals surface area contributed by atoms with Gasteiger partial charge < -0.3 is 14.5 Å². The van der Waals surface area contributed by atoms with Crippen LogP contribution in [0, 0.1) is 26.6 Å². The van der Waals surface area contributed by atoms with Gasteiger partial charge in [-0.15, -0.1) is 0 Å². The number of benzene rings is 2. The number of hydrogen-bond acceptors (Lipinski definition) is 7. The molecule has 2 aromatic carbocycles. The molecule has 4 aromatic rings. The quantitative estimate of drug-likeness (QED) is 0.322. The van der Waals surface area contributed by atoms with Crippen LogP contribution in [0.25, 0.3) is 11.3 Å². The van der Waals surface area contributed by atoms with Gasteiger partial charge in [-0.25, -0.2) is 22.5 Å². The highest BCUT2D eigenvalue weighted by atomic mass is 32.2. The number of nitrogens with zero attached hydrogens (tertiary/aromatic N) is 1. The van der Waals surface area contributed by atoms with Crippen molar-refractivity contribution in [1.82, 2.24) is 14.7 Å². The molecule has 39 heavy (non-hydrogen) atoms. The number of rotatable bonds is 8. The lowest BCUT2D eigenvalue weighted by Crippen LogP contribution is -2.34. The van der Waals surface area contributed by atoms with Gasteiger partial charge in [-0.05, 0) is 75.2 Å². The second kappa shape index (κ2) is 11.1. The van der Waals surface area contributed by atoms with E-state index >= 15 is 0 Å². The van der Waals surface area contributed by atoms with E-state index in [4.69, 9.17) is 9.47 Å². The maximum Gasteiger partial charge on any atom is 0.270 e. The number of aromatic nitrogens is 2. The molecule has 1 amide bonds. The summed E-state index contributed by atoms with van der Waals surface area (Å²) in [4.78, 5) is 31.3. The van der Waals surface area contributed by atoms with Crippen LogP contribution in [0.15, 0.2) is 70.5 Å². The largest absolute Gasteiger partial charge is 0.494 e. The number of aryl methyl sites for hydroxylation is 3. The van der Waals surface area contributed by atoms with Crippen molar-refractivity contribution in [2.75, 3.05) is 6.61 Å². The number of pyridine rings is 2. The van der Waals surface area contributed by atoms with Crippen LogP contribution in [0.1, 0.15) is 34.0 Å². The third-order valence-corrected chi connectivity index (χ3v) is 7.04. The van der Waals surface area contributed by atoms with Crippen molar-refractivity contribution in [2.45, 2.75) is 32.6 Å². The zero-order chi connectivity index (χ0) is 28.3. The Morgan fingerprint density at radius 1 is 1.05 bits per heavy atom. The first-order valence-corrected chi connectivity index (χ1v) is 13.4. The summed E-state index contributed by atoms with van der Waals surface area (Å²) in [5.74, 6) is -1.10. The summed E-state index contributed by atoms with van der Waals surface area (Å²) < 4.78 is 53.4. The van der Waals surface area contributed by atoms with Gasteiger partial charge in [0.1, 0.15) is 22.9 Å². The Labute approximate surface area is 224 Å². The Bertz CT molecular complexity index is 1710. The van der Waals surface area contributed by atoms with Gasteiger partial charge in [0.15, 0.2) is 4.90 Å². The Balaban J connectivity index is 1.81. The minimum absolute atomic E-state index is 0.209. The molecule has 2 heterocycles. The fourth-order valence-corrected chi connectivity index (χ4v) is 5.11. The van der Waals surface area contributed by atoms with E-state index < -0.39 is 32.2 Å². The Hall–Kier alpha value is -4.51. The maximum atomic E-state index is 14.3. The number of nitrogens with one attached hydrogen (secondary N) is 2. The van der Waals surface area contributed by atoms with Crippen molar-refractivity contribution >= 4 is 15.9 Å². The standard InChI is InChI=1S/C28H26FN3O6S/c1-5-37-21-14-19(13-20(29)15-21)23-9-8-22(26(33)32-39(35,36)24-7-6-10-30-27(24)34)28(31-23)38-25-17(3)11-16(2)12-18(25)4/h6-15H,5H2,1-4H3,(H,30,34)(H,32,33). The minimum atomic E-state index is -4.52. The number of amides is 1. The lowest BCUT2D eigenvalue weighted by molar-refractivity contribution is 0.0978. The average molecular weight is 552 g/mol. The first kappa shape index (κ1) is 27.5. The van der Waals surface area contributed by atoms with E-state index in [1.807, 2.05) is 37.6 Å². The lowest BCUT2D eigenvalue weighted by atomic mass is 10.1. The van der Waals surface area contributed by atoms with Crippen LogP contribution in [0.2, 0.25) is 0 Å². The topological polar surface area (TPSA) is 127 Å². The summed E-state index contributed by atoms with van der Waals surface area (Å²) in [5.41, 5.74) is 2.04. The van der Waals surface area contributed by atoms with Crippen molar-refractivity contribution in [3.63, 3.8) is 0 Å². The Morgan fingerprint density at radius 3 is 2.44 bits per heavy atom. The van der Waals surface area contributed by atoms with Gasteiger partial charge in [-0.3, -0.25) is 9.59 Å². The first-order chi connectivity index (χ1) is 18.5. The zero-order valence-corrected chi connectivity index (χ0v) is 22.5. The third-order valence-electron chi connectivity index (χ3n) is 5.68. The molecule has 2 aromatic heterocycles. The number of aromatic amines is 1. The Morgan fingerprint density at radius 2 is 1.77 bits per heavy atom. The number of ether oxygens (including phenoxy) is 2. The number of H-pyrrole nitrogens is 1. The molecule has 0 atom stereocenters. The molecule has 0 spiro atoms. The lowest BCUT2D eigenvalue weighted by Gasteiger charge is -2.16. The van der Waals surface area contributed by atoms with Crippen LogP contribution < -0.4 is 19.8 Å². The summed E-state index contributed by atoms with van der Waals surface area (Å²) in [6, 6.07) is 13.0. The van der Waals surface area contributed by atoms with Crippen LogP contribution >= 0.6 is 0 Å². The predicted octanol–water partition coefficient (Wildman–Crippen LogP) is 4.81. The highest BCUT2D eigenvalue weighted by molar-refractivity contribution is 7.90. The normalized spacial score (nSPS) is 11.2. The highest BCUT2D eigenvalue weighted by Gasteiger charge is 2.25. The number of hydrogen-bond donors (Lipinski definition) is 2. The molecular formula is C28H26FN3O6S. The minimum Gasteiger partial charge on any atom is -0.494 e. The Kier molecular flexibility index (Phi) is 7.82. The molecule has 0 unspecified atom stereocenters. The molecule has 0 bridgehead atoms. The summed E-state index contributed by atoms with van der Waals surface area (Å²) in [5, 5.41) is 0. The van der Waals surface area contributed by atoms with Gasteiger partial charge in [0.05, 0.1) is 12.3 Å². The van der Waals surface area contributed by atoms with Crippen molar-refractivity contribution < 1.29 is 27.1 Å². The average Bonchev–Trinajstić information content (AvgIpc) is 2.85. The monoisotopic (exact) mass is 551 g/mol. The maximum absolute atomic E-state index is 14.3. The van der Waals surface area contributed by atoms with Crippen LogP contribution in [0.3, 0.4) is 0 Å². The van der Waals surface area contributed by atoms with E-state index in [0.717, 1.165) is 22.8 Å². The second-order valence-electron chi connectivity index (χ2n) is 8.79. The van der Waals surface area contributed by atoms with E-state index in [2.05, 4.69) is 9.97 Å². The summed E-state index contributed by atoms with van der Waals surface area (Å²) in [7, 11) is -4.52. The SMILES string of the molecule is CCOc1cc(F)cc(-c2ccc(C(=O)NS(=O)(=O)c3ccc[nH]c3=O)c(Oc3c(C)cc(C)cc3C)n2)c1. The molecule has 9 nitrogen and oxygen atoms in total. The van der Waals surface area contributed by atoms with Crippen LogP contribution in [0.4, 0.5) is 4.39 Å². The van der Waals surface area contributed by atoms with E-state index in [0.29, 0.717) is 23.7 Å². The molecule has 0 radical (unpaired) electrons. The molecule has 0 aliphatic rings. The molecule has 0 saturated carbocycles. The summed E-state index contributed by atoms with van der Waals surface area (Å²) >= 11 is 0. The number of halogens is 1. The molecule has 4 rings (SSSR count). The molecule has 202 valence electrons. The molecule has 0 saturated heterocycles. The van der Waals surface area contributed by atoms with E-state index in [-0.39, 0.29) is 17.1 Å². The number of carbonyl (C=O) groups excluding carboxylic acids is 1. The highest BCUT2D eigenvalue weighted by Crippen LogP contribution is 2.33. The molecule has 0 aliphatic heterocycles. The molecular weight excluding hydrogens is 525 g/mol. The zero-order valence-electron chi connectivity index (χ0n) is 21.7. The third kappa shape index (κ3) is 6.15. The van der Waals surface area contributed by atoms with Gasteiger partial charge in [0, 0.05) is 17.8 Å². The van der Waals surface area contributed by atoms with E-state index in [1.165, 1.54) is 36.5 Å². The van der Waals surface area contributed by atoms with Crippen molar-refractivity contribution in [3.8, 4) is 28.6 Å². The number of carbonyl (C=O) groups is 1. The fourth-order valence-electron chi connectivity index (χ4n) is 4.09. The van der Waals surface area contributed by atoms with Gasteiger partial charge >= 0.3 is 0 Å². The molecule has 2 N–H and O–H groups in total. The molecule has 0 fully saturated rings. The molecule has 11 heteroatoms. The van der Waals surface area contributed by atoms with Crippen LogP contribution in [0.5, 0.6) is 17.4 Å². The van der Waals surface area contributed by atoms with Gasteiger partial charge in [-0.2, -0.15) is 0 Å². The van der Waals surface area contributed by atoms with Crippen LogP contribution in [-0.4, -0.2) is 30.9 Å². The van der Waals surface area contributed by atoms with Gasteiger partial charge in [0.2, 0.25) is 5.88 Å². The van der Waals surface area contributed by atoms with E-state index in [1.54, 1.807) is 13.0 Å². The van der Waals surface area contributed by atoms with Crippen molar-refractivity contribution in [2.24, 2.45) is 0 Å². The first-order valence-electron chi connectivity index (χ1n) is 11.9.